The maximum absolute atomic E-state index is 3.54. The van der Waals surface area contributed by atoms with Gasteiger partial charge in [0.2, 0.25) is 6.67 Å². The Morgan fingerprint density at radius 3 is 1.68 bits per heavy atom. The summed E-state index contributed by atoms with van der Waals surface area (Å²) in [6.45, 7) is 12.4. The molecule has 0 N–H and O–H groups in total. The molecule has 1 aliphatic heterocycles. The molecule has 2 aromatic rings. The van der Waals surface area contributed by atoms with Crippen LogP contribution in [0.25, 0.3) is 10.8 Å². The smallest absolute Gasteiger partial charge is 0.209 e. The van der Waals surface area contributed by atoms with Gasteiger partial charge in [-0.05, 0) is 45.2 Å². The molecule has 98 valence electrons. The minimum atomic E-state index is 0.403. The van der Waals surface area contributed by atoms with Crippen molar-refractivity contribution in [3.8, 4) is 0 Å². The third kappa shape index (κ3) is 1.86. The van der Waals surface area contributed by atoms with E-state index in [1.54, 1.807) is 0 Å². The third-order valence-corrected chi connectivity index (χ3v) is 3.63. The molecule has 2 radical (unpaired) electrons. The van der Waals surface area contributed by atoms with Crippen molar-refractivity contribution in [3.05, 3.63) is 43.1 Å². The Hall–Kier alpha value is -1.70. The number of benzene rings is 2. The predicted molar refractivity (Wildman–Crippen MR) is 82.4 cm³/mol. The van der Waals surface area contributed by atoms with Crippen molar-refractivity contribution >= 4 is 22.1 Å². The fourth-order valence-electron chi connectivity index (χ4n) is 2.71. The third-order valence-electron chi connectivity index (χ3n) is 3.63. The maximum atomic E-state index is 3.54. The summed E-state index contributed by atoms with van der Waals surface area (Å²) in [5.41, 5.74) is 2.53. The molecule has 3 rings (SSSR count). The molecule has 2 nitrogen and oxygen atoms in total. The lowest BCUT2D eigenvalue weighted by atomic mass is 10.0. The first kappa shape index (κ1) is 12.3. The number of hydrogen-bond donors (Lipinski definition) is 0. The summed E-state index contributed by atoms with van der Waals surface area (Å²) in [4.78, 5) is 4.49. The van der Waals surface area contributed by atoms with Gasteiger partial charge in [-0.25, -0.2) is 0 Å². The van der Waals surface area contributed by atoms with Crippen LogP contribution >= 0.6 is 0 Å². The number of hydrogen-bond acceptors (Lipinski definition) is 2. The van der Waals surface area contributed by atoms with Gasteiger partial charge in [0.1, 0.15) is 0 Å². The fraction of sp³-hybridized carbons (Fsp3) is 0.353. The molecule has 2 aromatic carbocycles. The lowest BCUT2D eigenvalue weighted by molar-refractivity contribution is 0.663. The average molecular weight is 252 g/mol. The first-order valence-corrected chi connectivity index (χ1v) is 6.96. The first-order valence-electron chi connectivity index (χ1n) is 6.96. The second-order valence-electron chi connectivity index (χ2n) is 5.68. The van der Waals surface area contributed by atoms with Gasteiger partial charge < -0.3 is 9.80 Å². The van der Waals surface area contributed by atoms with E-state index in [2.05, 4.69) is 80.6 Å². The normalized spacial score (nSPS) is 14.8. The van der Waals surface area contributed by atoms with Crippen LogP contribution in [0.15, 0.2) is 36.4 Å². The van der Waals surface area contributed by atoms with Crippen molar-refractivity contribution in [1.29, 1.82) is 0 Å². The van der Waals surface area contributed by atoms with Crippen LogP contribution in [0, 0.1) is 6.67 Å². The minimum absolute atomic E-state index is 0.403. The van der Waals surface area contributed by atoms with E-state index in [4.69, 9.17) is 0 Å². The van der Waals surface area contributed by atoms with Crippen LogP contribution in [-0.2, 0) is 0 Å². The largest absolute Gasteiger partial charge is 0.338 e. The summed E-state index contributed by atoms with van der Waals surface area (Å²) in [5.74, 6) is 0. The van der Waals surface area contributed by atoms with Crippen LogP contribution in [0.2, 0.25) is 0 Å². The highest BCUT2D eigenvalue weighted by atomic mass is 15.4. The zero-order chi connectivity index (χ0) is 13.6. The van der Waals surface area contributed by atoms with E-state index in [0.29, 0.717) is 12.1 Å². The Kier molecular flexibility index (Phi) is 2.89. The standard InChI is InChI=1S/C17H20N2/c1-12(2)18-11-19(13(3)4)16-10-6-8-14-7-5-9-15(18)17(14)16/h5-10,12-13H,1-4H3. The molecule has 0 atom stereocenters. The molecule has 0 aliphatic carbocycles. The van der Waals surface area contributed by atoms with E-state index in [1.165, 1.54) is 22.1 Å². The van der Waals surface area contributed by atoms with Crippen molar-refractivity contribution in [2.75, 3.05) is 9.80 Å². The molecule has 0 saturated heterocycles. The van der Waals surface area contributed by atoms with Crippen molar-refractivity contribution in [3.63, 3.8) is 0 Å². The zero-order valence-corrected chi connectivity index (χ0v) is 12.0. The molecule has 0 amide bonds. The van der Waals surface area contributed by atoms with Crippen molar-refractivity contribution in [2.45, 2.75) is 39.8 Å². The second kappa shape index (κ2) is 4.44. The number of rotatable bonds is 2. The van der Waals surface area contributed by atoms with Crippen molar-refractivity contribution in [2.24, 2.45) is 0 Å². The summed E-state index contributed by atoms with van der Waals surface area (Å²) in [6, 6.07) is 13.8. The summed E-state index contributed by atoms with van der Waals surface area (Å²) in [6.07, 6.45) is 0. The quantitative estimate of drug-likeness (QED) is 0.787. The van der Waals surface area contributed by atoms with Crippen LogP contribution < -0.4 is 9.80 Å². The molecule has 0 saturated carbocycles. The fourth-order valence-corrected chi connectivity index (χ4v) is 2.71. The van der Waals surface area contributed by atoms with Gasteiger partial charge in [0.15, 0.2) is 0 Å². The van der Waals surface area contributed by atoms with Crippen LogP contribution in [0.4, 0.5) is 11.4 Å². The molecule has 0 aromatic heterocycles. The van der Waals surface area contributed by atoms with Crippen LogP contribution in [0.1, 0.15) is 27.7 Å². The Labute approximate surface area is 115 Å². The SMILES string of the molecule is CC(C)N1[C]N(C(C)C)c2cccc3cccc1c23. The molecule has 1 heterocycles. The number of anilines is 2. The molecule has 19 heavy (non-hydrogen) atoms. The van der Waals surface area contributed by atoms with Gasteiger partial charge in [-0.15, -0.1) is 0 Å². The van der Waals surface area contributed by atoms with Gasteiger partial charge in [-0.2, -0.15) is 0 Å². The van der Waals surface area contributed by atoms with Crippen molar-refractivity contribution < 1.29 is 0 Å². The summed E-state index contributed by atoms with van der Waals surface area (Å²) >= 11 is 0. The van der Waals surface area contributed by atoms with E-state index in [-0.39, 0.29) is 0 Å². The Balaban J connectivity index is 2.30. The molecule has 0 spiro atoms. The lowest BCUT2D eigenvalue weighted by Crippen LogP contribution is -2.43. The highest BCUT2D eigenvalue weighted by Crippen LogP contribution is 2.42. The predicted octanol–water partition coefficient (Wildman–Crippen LogP) is 4.28. The van der Waals surface area contributed by atoms with E-state index in [9.17, 15) is 0 Å². The van der Waals surface area contributed by atoms with Crippen molar-refractivity contribution in [1.82, 2.24) is 0 Å². The van der Waals surface area contributed by atoms with Crippen LogP contribution in [0.5, 0.6) is 0 Å². The van der Waals surface area contributed by atoms with E-state index >= 15 is 0 Å². The Morgan fingerprint density at radius 1 is 0.789 bits per heavy atom. The first-order chi connectivity index (χ1) is 9.09. The van der Waals surface area contributed by atoms with Gasteiger partial charge in [-0.1, -0.05) is 24.3 Å². The lowest BCUT2D eigenvalue weighted by Gasteiger charge is -2.41. The van der Waals surface area contributed by atoms with Gasteiger partial charge in [-0.3, -0.25) is 0 Å². The van der Waals surface area contributed by atoms with Gasteiger partial charge >= 0.3 is 0 Å². The maximum Gasteiger partial charge on any atom is 0.209 e. The number of nitrogens with zero attached hydrogens (tertiary/aromatic N) is 2. The zero-order valence-electron chi connectivity index (χ0n) is 12.0. The van der Waals surface area contributed by atoms with Crippen LogP contribution in [-0.4, -0.2) is 12.1 Å². The topological polar surface area (TPSA) is 6.48 Å². The highest BCUT2D eigenvalue weighted by molar-refractivity contribution is 6.06. The van der Waals surface area contributed by atoms with E-state index in [1.807, 2.05) is 0 Å². The Bertz CT molecular complexity index is 552. The van der Waals surface area contributed by atoms with Gasteiger partial charge in [0.25, 0.3) is 0 Å². The van der Waals surface area contributed by atoms with Gasteiger partial charge in [0.05, 0.1) is 0 Å². The minimum Gasteiger partial charge on any atom is -0.338 e. The van der Waals surface area contributed by atoms with Gasteiger partial charge in [0, 0.05) is 28.8 Å². The molecule has 0 fully saturated rings. The summed E-state index contributed by atoms with van der Waals surface area (Å²) in [5, 5.41) is 2.64. The summed E-state index contributed by atoms with van der Waals surface area (Å²) in [7, 11) is 0. The molecular weight excluding hydrogens is 232 g/mol. The van der Waals surface area contributed by atoms with E-state index < -0.39 is 0 Å². The highest BCUT2D eigenvalue weighted by Gasteiger charge is 2.28. The molecule has 1 aliphatic rings. The summed E-state index contributed by atoms with van der Waals surface area (Å²) < 4.78 is 0. The monoisotopic (exact) mass is 252 g/mol. The molecule has 0 bridgehead atoms. The molecule has 0 unspecified atom stereocenters. The van der Waals surface area contributed by atoms with E-state index in [0.717, 1.165) is 0 Å². The van der Waals surface area contributed by atoms with Crippen LogP contribution in [0.3, 0.4) is 0 Å². The second-order valence-corrected chi connectivity index (χ2v) is 5.68. The molecule has 2 heteroatoms. The Morgan fingerprint density at radius 2 is 1.26 bits per heavy atom. The molecular formula is C17H20N2. The average Bonchev–Trinajstić information content (AvgIpc) is 2.39.